The molecule has 1 N–H and O–H groups in total. The van der Waals surface area contributed by atoms with E-state index in [9.17, 15) is 0 Å². The van der Waals surface area contributed by atoms with E-state index in [1.165, 1.54) is 24.0 Å². The lowest BCUT2D eigenvalue weighted by Gasteiger charge is -2.34. The van der Waals surface area contributed by atoms with E-state index < -0.39 is 0 Å². The zero-order valence-electron chi connectivity index (χ0n) is 21.9. The Morgan fingerprint density at radius 1 is 1.29 bits per heavy atom. The number of allylic oxidation sites excluding steroid dienone is 7. The summed E-state index contributed by atoms with van der Waals surface area (Å²) in [6.07, 6.45) is 16.6. The van der Waals surface area contributed by atoms with Gasteiger partial charge in [-0.15, -0.1) is 0 Å². The first-order chi connectivity index (χ1) is 16.4. The smallest absolute Gasteiger partial charge is 0.139 e. The standard InChI is InChI=1S/C16H24N4.C13H19N/c1-4-14(13-5-6-13)15-12(3)18-10-19-16(15)20-8-7-17-11(2)9-20;1-4-6-7-9-13(11-14)10-12(3)8-5-2/h4,10-11,13,17H,5-9H2,1-3H3;7,9-10H,3-6,8H2,1-2H3/b14-4-;9-7-,13-10+. The number of hydrogen-bond donors (Lipinski definition) is 1. The van der Waals surface area contributed by atoms with E-state index in [0.29, 0.717) is 11.6 Å². The van der Waals surface area contributed by atoms with Gasteiger partial charge in [-0.25, -0.2) is 9.97 Å². The number of nitriles is 1. The van der Waals surface area contributed by atoms with Crippen molar-refractivity contribution < 1.29 is 0 Å². The maximum Gasteiger partial charge on any atom is 0.139 e. The second-order valence-electron chi connectivity index (χ2n) is 9.29. The molecule has 5 heteroatoms. The molecule has 1 saturated heterocycles. The van der Waals surface area contributed by atoms with Crippen molar-refractivity contribution in [2.45, 2.75) is 79.2 Å². The van der Waals surface area contributed by atoms with E-state index in [1.807, 2.05) is 18.2 Å². The largest absolute Gasteiger partial charge is 0.353 e. The van der Waals surface area contributed by atoms with Crippen LogP contribution in [0.3, 0.4) is 0 Å². The topological polar surface area (TPSA) is 64.8 Å². The SMILES string of the molecule is C/C=C(\c1c(C)ncnc1N1CCNC(C)C1)C1CC1.C=C(/C=C(C#N)\C=C/CCC)CCC. The average Bonchev–Trinajstić information content (AvgIpc) is 3.66. The highest BCUT2D eigenvalue weighted by Crippen LogP contribution is 2.44. The van der Waals surface area contributed by atoms with E-state index in [0.717, 1.165) is 68.3 Å². The molecule has 5 nitrogen and oxygen atoms in total. The summed E-state index contributed by atoms with van der Waals surface area (Å²) in [7, 11) is 0. The van der Waals surface area contributed by atoms with Crippen LogP contribution < -0.4 is 10.2 Å². The Labute approximate surface area is 207 Å². The molecule has 1 aromatic rings. The second-order valence-corrected chi connectivity index (χ2v) is 9.29. The Balaban J connectivity index is 0.000000259. The first-order valence-corrected chi connectivity index (χ1v) is 12.9. The minimum Gasteiger partial charge on any atom is -0.353 e. The molecule has 0 aromatic carbocycles. The van der Waals surface area contributed by atoms with Crippen LogP contribution >= 0.6 is 0 Å². The van der Waals surface area contributed by atoms with Gasteiger partial charge in [0.1, 0.15) is 12.1 Å². The quantitative estimate of drug-likeness (QED) is 0.334. The molecule has 1 atom stereocenters. The molecule has 0 spiro atoms. The van der Waals surface area contributed by atoms with Crippen molar-refractivity contribution >= 4 is 11.4 Å². The molecule has 3 rings (SSSR count). The van der Waals surface area contributed by atoms with Crippen molar-refractivity contribution in [1.82, 2.24) is 15.3 Å². The second kappa shape index (κ2) is 14.5. The number of aromatic nitrogens is 2. The van der Waals surface area contributed by atoms with Gasteiger partial charge in [0.05, 0.1) is 17.3 Å². The van der Waals surface area contributed by atoms with Gasteiger partial charge >= 0.3 is 0 Å². The molecule has 2 heterocycles. The van der Waals surface area contributed by atoms with Crippen molar-refractivity contribution in [1.29, 1.82) is 5.26 Å². The van der Waals surface area contributed by atoms with E-state index in [1.54, 1.807) is 6.33 Å². The summed E-state index contributed by atoms with van der Waals surface area (Å²) in [4.78, 5) is 11.5. The maximum absolute atomic E-state index is 8.83. The fourth-order valence-corrected chi connectivity index (χ4v) is 4.25. The van der Waals surface area contributed by atoms with Crippen LogP contribution in [-0.2, 0) is 0 Å². The van der Waals surface area contributed by atoms with Gasteiger partial charge in [0.2, 0.25) is 0 Å². The van der Waals surface area contributed by atoms with Crippen molar-refractivity contribution in [3.8, 4) is 6.07 Å². The molecule has 1 aliphatic carbocycles. The number of nitrogens with one attached hydrogen (secondary N) is 1. The molecule has 184 valence electrons. The fourth-order valence-electron chi connectivity index (χ4n) is 4.25. The van der Waals surface area contributed by atoms with Gasteiger partial charge in [-0.2, -0.15) is 5.26 Å². The lowest BCUT2D eigenvalue weighted by atomic mass is 9.99. The Hall–Kier alpha value is -2.71. The predicted octanol–water partition coefficient (Wildman–Crippen LogP) is 6.55. The van der Waals surface area contributed by atoms with E-state index in [-0.39, 0.29) is 0 Å². The highest BCUT2D eigenvalue weighted by atomic mass is 15.2. The van der Waals surface area contributed by atoms with Crippen molar-refractivity contribution in [2.75, 3.05) is 24.5 Å². The summed E-state index contributed by atoms with van der Waals surface area (Å²) in [5.41, 5.74) is 5.58. The highest BCUT2D eigenvalue weighted by molar-refractivity contribution is 5.78. The van der Waals surface area contributed by atoms with Crippen LogP contribution in [0.5, 0.6) is 0 Å². The van der Waals surface area contributed by atoms with Gasteiger partial charge < -0.3 is 10.2 Å². The van der Waals surface area contributed by atoms with Crippen LogP contribution in [0.4, 0.5) is 5.82 Å². The summed E-state index contributed by atoms with van der Waals surface area (Å²) >= 11 is 0. The van der Waals surface area contributed by atoms with Gasteiger partial charge in [-0.05, 0) is 70.1 Å². The molecule has 1 aliphatic heterocycles. The number of nitrogens with zero attached hydrogens (tertiary/aromatic N) is 4. The van der Waals surface area contributed by atoms with Gasteiger partial charge in [-0.1, -0.05) is 51.0 Å². The molecule has 2 aliphatic rings. The van der Waals surface area contributed by atoms with Gasteiger partial charge in [0.25, 0.3) is 0 Å². The molecular formula is C29H43N5. The number of piperazine rings is 1. The Bertz CT molecular complexity index is 930. The zero-order valence-corrected chi connectivity index (χ0v) is 21.9. The van der Waals surface area contributed by atoms with Crippen LogP contribution in [0, 0.1) is 24.2 Å². The zero-order chi connectivity index (χ0) is 24.9. The van der Waals surface area contributed by atoms with E-state index in [2.05, 4.69) is 73.5 Å². The van der Waals surface area contributed by atoms with Crippen LogP contribution in [0.1, 0.15) is 77.5 Å². The van der Waals surface area contributed by atoms with Gasteiger partial charge in [0, 0.05) is 31.2 Å². The Morgan fingerprint density at radius 2 is 2.06 bits per heavy atom. The minimum absolute atomic E-state index is 0.516. The van der Waals surface area contributed by atoms with Crippen LogP contribution in [0.15, 0.2) is 48.4 Å². The Kier molecular flexibility index (Phi) is 11.8. The summed E-state index contributed by atoms with van der Waals surface area (Å²) in [6, 6.07) is 2.68. The van der Waals surface area contributed by atoms with Gasteiger partial charge in [-0.3, -0.25) is 0 Å². The number of hydrogen-bond acceptors (Lipinski definition) is 5. The molecule has 2 fully saturated rings. The van der Waals surface area contributed by atoms with Crippen molar-refractivity contribution in [3.63, 3.8) is 0 Å². The predicted molar refractivity (Wildman–Crippen MR) is 145 cm³/mol. The van der Waals surface area contributed by atoms with Crippen molar-refractivity contribution in [3.05, 3.63) is 59.6 Å². The summed E-state index contributed by atoms with van der Waals surface area (Å²) < 4.78 is 0. The number of anilines is 1. The Morgan fingerprint density at radius 3 is 2.65 bits per heavy atom. The number of rotatable bonds is 9. The average molecular weight is 462 g/mol. The third-order valence-corrected chi connectivity index (χ3v) is 6.11. The normalized spacial score (nSPS) is 18.9. The maximum atomic E-state index is 8.83. The van der Waals surface area contributed by atoms with E-state index >= 15 is 0 Å². The lowest BCUT2D eigenvalue weighted by molar-refractivity contribution is 0.482. The molecule has 0 amide bonds. The first kappa shape index (κ1) is 27.5. The first-order valence-electron chi connectivity index (χ1n) is 12.9. The molecule has 1 aromatic heterocycles. The summed E-state index contributed by atoms with van der Waals surface area (Å²) in [5.74, 6) is 1.86. The molecule has 1 unspecified atom stereocenters. The number of unbranched alkanes of at least 4 members (excludes halogenated alkanes) is 1. The van der Waals surface area contributed by atoms with Crippen LogP contribution in [0.2, 0.25) is 0 Å². The third kappa shape index (κ3) is 8.57. The molecule has 0 bridgehead atoms. The summed E-state index contributed by atoms with van der Waals surface area (Å²) in [5, 5.41) is 12.3. The third-order valence-electron chi connectivity index (χ3n) is 6.11. The fraction of sp³-hybridized carbons (Fsp3) is 0.552. The molecule has 1 saturated carbocycles. The molecule has 34 heavy (non-hydrogen) atoms. The van der Waals surface area contributed by atoms with Crippen molar-refractivity contribution in [2.24, 2.45) is 5.92 Å². The number of aryl methyl sites for hydroxylation is 1. The lowest BCUT2D eigenvalue weighted by Crippen LogP contribution is -2.49. The van der Waals surface area contributed by atoms with Crippen LogP contribution in [-0.4, -0.2) is 35.6 Å². The van der Waals surface area contributed by atoms with Gasteiger partial charge in [0.15, 0.2) is 0 Å². The molecular weight excluding hydrogens is 418 g/mol. The minimum atomic E-state index is 0.516. The molecule has 0 radical (unpaired) electrons. The highest BCUT2D eigenvalue weighted by Gasteiger charge is 2.31. The monoisotopic (exact) mass is 461 g/mol. The summed E-state index contributed by atoms with van der Waals surface area (Å²) in [6.45, 7) is 17.7. The van der Waals surface area contributed by atoms with E-state index in [4.69, 9.17) is 5.26 Å². The van der Waals surface area contributed by atoms with Crippen LogP contribution in [0.25, 0.3) is 5.57 Å².